The molecule has 1 aliphatic rings. The van der Waals surface area contributed by atoms with Crippen molar-refractivity contribution in [2.75, 3.05) is 11.9 Å². The Labute approximate surface area is 156 Å². The highest BCUT2D eigenvalue weighted by Crippen LogP contribution is 2.38. The van der Waals surface area contributed by atoms with E-state index < -0.39 is 5.91 Å². The van der Waals surface area contributed by atoms with Crippen LogP contribution in [0.25, 0.3) is 5.78 Å². The zero-order valence-corrected chi connectivity index (χ0v) is 15.7. The Hall–Kier alpha value is -3.16. The number of anilines is 1. The molecule has 8 nitrogen and oxygen atoms in total. The number of aromatic nitrogens is 4. The highest BCUT2D eigenvalue weighted by atomic mass is 16.5. The first-order valence-electron chi connectivity index (χ1n) is 8.93. The van der Waals surface area contributed by atoms with E-state index in [4.69, 9.17) is 9.47 Å². The minimum absolute atomic E-state index is 0.0495. The Morgan fingerprint density at radius 3 is 2.93 bits per heavy atom. The zero-order chi connectivity index (χ0) is 19.1. The molecular weight excluding hydrogens is 346 g/mol. The van der Waals surface area contributed by atoms with E-state index in [0.717, 1.165) is 29.1 Å². The SMILES string of the molecule is CCOc1cc2c(cc1NC(=O)c1nc3nc(C)cc(C)n3n1)O[C@H](C)C2. The second kappa shape index (κ2) is 6.53. The van der Waals surface area contributed by atoms with E-state index in [-0.39, 0.29) is 11.9 Å². The largest absolute Gasteiger partial charge is 0.492 e. The maximum Gasteiger partial charge on any atom is 0.295 e. The van der Waals surface area contributed by atoms with Crippen LogP contribution in [0.15, 0.2) is 18.2 Å². The number of fused-ring (bicyclic) bond motifs is 2. The van der Waals surface area contributed by atoms with Gasteiger partial charge in [-0.05, 0) is 39.8 Å². The number of aryl methyl sites for hydroxylation is 2. The lowest BCUT2D eigenvalue weighted by Crippen LogP contribution is -2.15. The van der Waals surface area contributed by atoms with Gasteiger partial charge < -0.3 is 14.8 Å². The van der Waals surface area contributed by atoms with Gasteiger partial charge in [-0.1, -0.05) is 0 Å². The van der Waals surface area contributed by atoms with Crippen LogP contribution >= 0.6 is 0 Å². The summed E-state index contributed by atoms with van der Waals surface area (Å²) in [6.45, 7) is 8.17. The van der Waals surface area contributed by atoms with Gasteiger partial charge in [0.1, 0.15) is 17.6 Å². The fraction of sp³-hybridized carbons (Fsp3) is 0.368. The van der Waals surface area contributed by atoms with Crippen molar-refractivity contribution >= 4 is 17.4 Å². The van der Waals surface area contributed by atoms with Crippen LogP contribution in [0.4, 0.5) is 5.69 Å². The Morgan fingerprint density at radius 2 is 2.15 bits per heavy atom. The number of hydrogen-bond acceptors (Lipinski definition) is 6. The number of benzene rings is 1. The number of amides is 1. The van der Waals surface area contributed by atoms with Crippen LogP contribution in [-0.2, 0) is 6.42 Å². The van der Waals surface area contributed by atoms with Crippen LogP contribution in [0, 0.1) is 13.8 Å². The van der Waals surface area contributed by atoms with Gasteiger partial charge in [0.15, 0.2) is 0 Å². The van der Waals surface area contributed by atoms with Gasteiger partial charge in [0, 0.05) is 29.4 Å². The van der Waals surface area contributed by atoms with Gasteiger partial charge in [-0.3, -0.25) is 4.79 Å². The van der Waals surface area contributed by atoms with Crippen LogP contribution in [0.3, 0.4) is 0 Å². The summed E-state index contributed by atoms with van der Waals surface area (Å²) in [7, 11) is 0. The molecule has 1 aliphatic heterocycles. The summed E-state index contributed by atoms with van der Waals surface area (Å²) in [6, 6.07) is 5.60. The summed E-state index contributed by atoms with van der Waals surface area (Å²) in [5, 5.41) is 7.11. The van der Waals surface area contributed by atoms with E-state index in [2.05, 4.69) is 20.4 Å². The van der Waals surface area contributed by atoms with Crippen molar-refractivity contribution in [2.24, 2.45) is 0 Å². The Bertz CT molecular complexity index is 1040. The monoisotopic (exact) mass is 367 g/mol. The average molecular weight is 367 g/mol. The van der Waals surface area contributed by atoms with Gasteiger partial charge in [0.2, 0.25) is 5.82 Å². The van der Waals surface area contributed by atoms with Crippen molar-refractivity contribution in [3.05, 3.63) is 41.0 Å². The maximum absolute atomic E-state index is 12.7. The lowest BCUT2D eigenvalue weighted by atomic mass is 10.1. The summed E-state index contributed by atoms with van der Waals surface area (Å²) >= 11 is 0. The van der Waals surface area contributed by atoms with Crippen molar-refractivity contribution in [3.8, 4) is 11.5 Å². The molecular formula is C19H21N5O3. The molecule has 0 fully saturated rings. The Kier molecular flexibility index (Phi) is 4.18. The van der Waals surface area contributed by atoms with Gasteiger partial charge in [-0.2, -0.15) is 4.98 Å². The predicted molar refractivity (Wildman–Crippen MR) is 99.6 cm³/mol. The van der Waals surface area contributed by atoms with Crippen LogP contribution in [-0.4, -0.2) is 38.2 Å². The highest BCUT2D eigenvalue weighted by Gasteiger charge is 2.24. The molecule has 0 saturated carbocycles. The third-order valence-electron chi connectivity index (χ3n) is 4.37. The summed E-state index contributed by atoms with van der Waals surface area (Å²) in [5.74, 6) is 1.39. The number of hydrogen-bond donors (Lipinski definition) is 1. The summed E-state index contributed by atoms with van der Waals surface area (Å²) < 4.78 is 13.0. The van der Waals surface area contributed by atoms with Gasteiger partial charge in [-0.15, -0.1) is 5.10 Å². The quantitative estimate of drug-likeness (QED) is 0.762. The van der Waals surface area contributed by atoms with Crippen molar-refractivity contribution in [3.63, 3.8) is 0 Å². The number of nitrogens with zero attached hydrogens (tertiary/aromatic N) is 4. The Morgan fingerprint density at radius 1 is 1.33 bits per heavy atom. The third kappa shape index (κ3) is 3.18. The number of carbonyl (C=O) groups is 1. The van der Waals surface area contributed by atoms with E-state index in [1.165, 1.54) is 0 Å². The molecule has 1 N–H and O–H groups in total. The lowest BCUT2D eigenvalue weighted by Gasteiger charge is -2.12. The normalized spacial score (nSPS) is 15.5. The lowest BCUT2D eigenvalue weighted by molar-refractivity contribution is 0.101. The van der Waals surface area contributed by atoms with Crippen molar-refractivity contribution in [1.82, 2.24) is 19.6 Å². The van der Waals surface area contributed by atoms with Crippen molar-refractivity contribution in [1.29, 1.82) is 0 Å². The molecule has 0 aliphatic carbocycles. The molecule has 4 rings (SSSR count). The van der Waals surface area contributed by atoms with Crippen LogP contribution in [0.5, 0.6) is 11.5 Å². The topological polar surface area (TPSA) is 90.6 Å². The summed E-state index contributed by atoms with van der Waals surface area (Å²) in [6.07, 6.45) is 0.930. The number of ether oxygens (including phenoxy) is 2. The van der Waals surface area contributed by atoms with E-state index in [1.807, 2.05) is 39.8 Å². The molecule has 3 heterocycles. The second-order valence-corrected chi connectivity index (χ2v) is 6.66. The van der Waals surface area contributed by atoms with Crippen LogP contribution in [0.1, 0.15) is 41.4 Å². The molecule has 3 aromatic rings. The summed E-state index contributed by atoms with van der Waals surface area (Å²) in [5.41, 5.74) is 3.29. The first-order chi connectivity index (χ1) is 12.9. The Balaban J connectivity index is 1.66. The van der Waals surface area contributed by atoms with Gasteiger partial charge in [-0.25, -0.2) is 9.50 Å². The number of rotatable bonds is 4. The average Bonchev–Trinajstić information content (AvgIpc) is 3.17. The molecule has 2 aromatic heterocycles. The van der Waals surface area contributed by atoms with E-state index in [0.29, 0.717) is 23.8 Å². The molecule has 8 heteroatoms. The fourth-order valence-electron chi connectivity index (χ4n) is 3.25. The van der Waals surface area contributed by atoms with Crippen molar-refractivity contribution in [2.45, 2.75) is 40.2 Å². The minimum atomic E-state index is -0.426. The molecule has 1 aromatic carbocycles. The molecule has 0 bridgehead atoms. The molecule has 1 amide bonds. The fourth-order valence-corrected chi connectivity index (χ4v) is 3.25. The van der Waals surface area contributed by atoms with Gasteiger partial charge in [0.05, 0.1) is 12.3 Å². The standard InChI is InChI=1S/C19H21N5O3/c1-5-26-16-8-13-7-12(4)27-15(13)9-14(16)21-18(25)17-22-19-20-10(2)6-11(3)24(19)23-17/h6,8-9,12H,5,7H2,1-4H3,(H,21,25)/t12-/m1/s1. The zero-order valence-electron chi connectivity index (χ0n) is 15.7. The molecule has 140 valence electrons. The number of carbonyl (C=O) groups excluding carboxylic acids is 1. The first kappa shape index (κ1) is 17.3. The molecule has 1 atom stereocenters. The van der Waals surface area contributed by atoms with E-state index in [1.54, 1.807) is 10.6 Å². The van der Waals surface area contributed by atoms with Crippen molar-refractivity contribution < 1.29 is 14.3 Å². The third-order valence-corrected chi connectivity index (χ3v) is 4.37. The second-order valence-electron chi connectivity index (χ2n) is 6.66. The van der Waals surface area contributed by atoms with Gasteiger partial charge in [0.25, 0.3) is 11.7 Å². The number of nitrogens with one attached hydrogen (secondary N) is 1. The summed E-state index contributed by atoms with van der Waals surface area (Å²) in [4.78, 5) is 21.3. The molecule has 0 radical (unpaired) electrons. The van der Waals surface area contributed by atoms with Crippen LogP contribution in [0.2, 0.25) is 0 Å². The minimum Gasteiger partial charge on any atom is -0.492 e. The maximum atomic E-state index is 12.7. The van der Waals surface area contributed by atoms with Gasteiger partial charge >= 0.3 is 0 Å². The molecule has 0 saturated heterocycles. The van der Waals surface area contributed by atoms with Crippen LogP contribution < -0.4 is 14.8 Å². The highest BCUT2D eigenvalue weighted by molar-refractivity contribution is 6.02. The molecule has 0 spiro atoms. The molecule has 0 unspecified atom stereocenters. The van der Waals surface area contributed by atoms with E-state index in [9.17, 15) is 4.79 Å². The predicted octanol–water partition coefficient (Wildman–Crippen LogP) is 2.72. The smallest absolute Gasteiger partial charge is 0.295 e. The first-order valence-corrected chi connectivity index (χ1v) is 8.93. The van der Waals surface area contributed by atoms with E-state index >= 15 is 0 Å². The molecule has 27 heavy (non-hydrogen) atoms.